The molecular weight excluding hydrogens is 270 g/mol. The second-order valence-corrected chi connectivity index (χ2v) is 3.36. The normalized spacial score (nSPS) is 10.2. The Morgan fingerprint density at radius 1 is 1.30 bits per heavy atom. The molecule has 1 rings (SSSR count). The summed E-state index contributed by atoms with van der Waals surface area (Å²) in [5.74, 6) is 0.108. The maximum Gasteiger partial charge on any atom is 0.427 e. The summed E-state index contributed by atoms with van der Waals surface area (Å²) < 4.78 is 14.4. The molecule has 0 aliphatic carbocycles. The average Bonchev–Trinajstić information content (AvgIpc) is 2.45. The minimum Gasteiger partial charge on any atom is -0.492 e. The number of hydrogen-bond donors (Lipinski definition) is 1. The van der Waals surface area contributed by atoms with E-state index in [0.717, 1.165) is 0 Å². The number of rotatable bonds is 5. The van der Waals surface area contributed by atoms with E-state index >= 15 is 0 Å². The van der Waals surface area contributed by atoms with Crippen LogP contribution in [0.1, 0.15) is 5.56 Å². The summed E-state index contributed by atoms with van der Waals surface area (Å²) >= 11 is 0. The molecule has 0 bridgehead atoms. The van der Waals surface area contributed by atoms with Crippen LogP contribution in [0, 0.1) is 10.1 Å². The van der Waals surface area contributed by atoms with Crippen molar-refractivity contribution in [3.63, 3.8) is 0 Å². The molecule has 0 radical (unpaired) electrons. The molecule has 0 atom stereocenters. The van der Waals surface area contributed by atoms with E-state index in [1.54, 1.807) is 0 Å². The van der Waals surface area contributed by atoms with Gasteiger partial charge in [0.15, 0.2) is 5.75 Å². The Morgan fingerprint density at radius 2 is 1.95 bits per heavy atom. The number of benzene rings is 1. The van der Waals surface area contributed by atoms with Gasteiger partial charge < -0.3 is 14.2 Å². The summed E-state index contributed by atoms with van der Waals surface area (Å²) in [5, 5.41) is 14.5. The first-order valence-corrected chi connectivity index (χ1v) is 5.31. The number of amides is 1. The van der Waals surface area contributed by atoms with Crippen molar-refractivity contribution < 1.29 is 23.9 Å². The highest BCUT2D eigenvalue weighted by Gasteiger charge is 2.22. The van der Waals surface area contributed by atoms with Crippen LogP contribution in [-0.4, -0.2) is 38.6 Å². The first-order valence-electron chi connectivity index (χ1n) is 5.31. The zero-order valence-corrected chi connectivity index (χ0v) is 11.1. The van der Waals surface area contributed by atoms with Gasteiger partial charge in [-0.2, -0.15) is 5.10 Å². The van der Waals surface area contributed by atoms with E-state index in [9.17, 15) is 14.9 Å². The topological polar surface area (TPSA) is 112 Å². The number of nitro groups is 1. The molecule has 1 N–H and O–H groups in total. The first kappa shape index (κ1) is 15.2. The Morgan fingerprint density at radius 3 is 2.45 bits per heavy atom. The second kappa shape index (κ2) is 6.92. The van der Waals surface area contributed by atoms with Crippen molar-refractivity contribution in [1.82, 2.24) is 5.43 Å². The summed E-state index contributed by atoms with van der Waals surface area (Å²) in [6, 6.07) is 2.67. The molecule has 0 aliphatic heterocycles. The van der Waals surface area contributed by atoms with Crippen molar-refractivity contribution in [3.8, 4) is 11.5 Å². The van der Waals surface area contributed by atoms with Crippen LogP contribution in [0.5, 0.6) is 11.5 Å². The van der Waals surface area contributed by atoms with Crippen LogP contribution in [0.4, 0.5) is 10.5 Å². The Balaban J connectivity index is 3.15. The minimum atomic E-state index is -0.742. The van der Waals surface area contributed by atoms with Gasteiger partial charge in [-0.3, -0.25) is 10.1 Å². The summed E-state index contributed by atoms with van der Waals surface area (Å²) in [5.41, 5.74) is 2.25. The highest BCUT2D eigenvalue weighted by atomic mass is 16.6. The van der Waals surface area contributed by atoms with Gasteiger partial charge in [-0.1, -0.05) is 0 Å². The Labute approximate surface area is 114 Å². The van der Waals surface area contributed by atoms with Crippen LogP contribution in [0.2, 0.25) is 0 Å². The largest absolute Gasteiger partial charge is 0.492 e. The van der Waals surface area contributed by atoms with Crippen LogP contribution in [0.25, 0.3) is 0 Å². The van der Waals surface area contributed by atoms with Gasteiger partial charge in [0.2, 0.25) is 5.75 Å². The van der Waals surface area contributed by atoms with Crippen LogP contribution in [-0.2, 0) is 4.74 Å². The zero-order chi connectivity index (χ0) is 15.1. The monoisotopic (exact) mass is 283 g/mol. The average molecular weight is 283 g/mol. The highest BCUT2D eigenvalue weighted by Crippen LogP contribution is 2.38. The number of nitrogens with zero attached hydrogens (tertiary/aromatic N) is 2. The zero-order valence-electron chi connectivity index (χ0n) is 11.1. The standard InChI is InChI=1S/C11H13N3O6/c1-18-9-7(6-12-13-11(15)20-3)4-5-8(14(16)17)10(9)19-2/h4-6H,1-3H3,(H,13,15)/b12-6+. The van der Waals surface area contributed by atoms with E-state index < -0.39 is 11.0 Å². The molecule has 0 heterocycles. The molecule has 9 nitrogen and oxygen atoms in total. The van der Waals surface area contributed by atoms with Gasteiger partial charge in [0.05, 0.1) is 32.5 Å². The third-order valence-corrected chi connectivity index (χ3v) is 2.27. The molecule has 9 heteroatoms. The van der Waals surface area contributed by atoms with E-state index in [1.807, 2.05) is 0 Å². The number of nitrogens with one attached hydrogen (secondary N) is 1. The third kappa shape index (κ3) is 3.34. The molecule has 0 fully saturated rings. The van der Waals surface area contributed by atoms with Gasteiger partial charge in [-0.15, -0.1) is 0 Å². The third-order valence-electron chi connectivity index (χ3n) is 2.27. The van der Waals surface area contributed by atoms with Crippen molar-refractivity contribution in [2.24, 2.45) is 5.10 Å². The predicted octanol–water partition coefficient (Wildman–Crippen LogP) is 1.30. The van der Waals surface area contributed by atoms with Crippen LogP contribution >= 0.6 is 0 Å². The second-order valence-electron chi connectivity index (χ2n) is 3.36. The number of methoxy groups -OCH3 is 3. The molecular formula is C11H13N3O6. The number of carbonyl (C=O) groups is 1. The molecule has 108 valence electrons. The van der Waals surface area contributed by atoms with Crippen LogP contribution < -0.4 is 14.9 Å². The quantitative estimate of drug-likeness (QED) is 0.495. The van der Waals surface area contributed by atoms with Crippen molar-refractivity contribution in [3.05, 3.63) is 27.8 Å². The number of nitro benzene ring substituents is 1. The maximum absolute atomic E-state index is 10.9. The Kier molecular flexibility index (Phi) is 5.27. The van der Waals surface area contributed by atoms with E-state index in [4.69, 9.17) is 9.47 Å². The first-order chi connectivity index (χ1) is 9.54. The molecule has 0 saturated heterocycles. The molecule has 0 aliphatic rings. The fourth-order valence-electron chi connectivity index (χ4n) is 1.42. The summed E-state index contributed by atoms with van der Waals surface area (Å²) in [6.45, 7) is 0. The number of carbonyl (C=O) groups excluding carboxylic acids is 1. The number of ether oxygens (including phenoxy) is 3. The highest BCUT2D eigenvalue weighted by molar-refractivity contribution is 5.87. The summed E-state index contributed by atoms with van der Waals surface area (Å²) in [7, 11) is 3.82. The fraction of sp³-hybridized carbons (Fsp3) is 0.273. The Hall–Kier alpha value is -2.84. The lowest BCUT2D eigenvalue weighted by atomic mass is 10.1. The van der Waals surface area contributed by atoms with Gasteiger partial charge in [0, 0.05) is 11.6 Å². The molecule has 0 unspecified atom stereocenters. The smallest absolute Gasteiger partial charge is 0.427 e. The lowest BCUT2D eigenvalue weighted by Crippen LogP contribution is -2.16. The minimum absolute atomic E-state index is 0.0282. The van der Waals surface area contributed by atoms with Crippen molar-refractivity contribution in [2.45, 2.75) is 0 Å². The van der Waals surface area contributed by atoms with Crippen LogP contribution in [0.3, 0.4) is 0 Å². The number of hydrogen-bond acceptors (Lipinski definition) is 7. The summed E-state index contributed by atoms with van der Waals surface area (Å²) in [6.07, 6.45) is 0.510. The maximum atomic E-state index is 10.9. The lowest BCUT2D eigenvalue weighted by molar-refractivity contribution is -0.385. The number of hydrazone groups is 1. The van der Waals surface area contributed by atoms with Crippen molar-refractivity contribution >= 4 is 18.0 Å². The summed E-state index contributed by atoms with van der Waals surface area (Å²) in [4.78, 5) is 21.1. The molecule has 0 aromatic heterocycles. The van der Waals surface area contributed by atoms with E-state index in [0.29, 0.717) is 5.56 Å². The van der Waals surface area contributed by atoms with Gasteiger partial charge >= 0.3 is 11.8 Å². The Bertz CT molecular complexity index is 543. The van der Waals surface area contributed by atoms with Gasteiger partial charge in [-0.25, -0.2) is 10.2 Å². The van der Waals surface area contributed by atoms with Crippen molar-refractivity contribution in [1.29, 1.82) is 0 Å². The molecule has 0 spiro atoms. The fourth-order valence-corrected chi connectivity index (χ4v) is 1.42. The van der Waals surface area contributed by atoms with Gasteiger partial charge in [0.1, 0.15) is 0 Å². The molecule has 1 aromatic carbocycles. The molecule has 1 amide bonds. The lowest BCUT2D eigenvalue weighted by Gasteiger charge is -2.10. The molecule has 0 saturated carbocycles. The van der Waals surface area contributed by atoms with Crippen LogP contribution in [0.15, 0.2) is 17.2 Å². The predicted molar refractivity (Wildman–Crippen MR) is 69.3 cm³/mol. The van der Waals surface area contributed by atoms with Gasteiger partial charge in [-0.05, 0) is 6.07 Å². The van der Waals surface area contributed by atoms with E-state index in [-0.39, 0.29) is 17.2 Å². The van der Waals surface area contributed by atoms with E-state index in [1.165, 1.54) is 39.7 Å². The van der Waals surface area contributed by atoms with Crippen molar-refractivity contribution in [2.75, 3.05) is 21.3 Å². The van der Waals surface area contributed by atoms with E-state index in [2.05, 4.69) is 15.3 Å². The molecule has 1 aromatic rings. The SMILES string of the molecule is COC(=O)N/N=C/c1ccc([N+](=O)[O-])c(OC)c1OC. The van der Waals surface area contributed by atoms with Gasteiger partial charge in [0.25, 0.3) is 0 Å². The molecule has 20 heavy (non-hydrogen) atoms.